The maximum absolute atomic E-state index is 2.72. The van der Waals surface area contributed by atoms with E-state index < -0.39 is 0 Å². The van der Waals surface area contributed by atoms with Gasteiger partial charge in [0.2, 0.25) is 0 Å². The molecular weight excluding hydrogens is 402 g/mol. The molecular formula is C30H65NSi. The monoisotopic (exact) mass is 467 g/mol. The van der Waals surface area contributed by atoms with Crippen molar-refractivity contribution in [3.63, 3.8) is 0 Å². The van der Waals surface area contributed by atoms with Crippen molar-refractivity contribution in [2.75, 3.05) is 13.1 Å². The van der Waals surface area contributed by atoms with Crippen LogP contribution in [0.4, 0.5) is 0 Å². The first-order valence-electron chi connectivity index (χ1n) is 15.5. The largest absolute Gasteiger partial charge is 0.332 e. The number of unbranched alkanes of at least 4 members (excludes halogenated alkanes) is 24. The Kier molecular flexibility index (Phi) is 29.4. The summed E-state index contributed by atoms with van der Waals surface area (Å²) in [4.78, 5) is 0. The Morgan fingerprint density at radius 1 is 0.312 bits per heavy atom. The van der Waals surface area contributed by atoms with E-state index >= 15 is 0 Å². The van der Waals surface area contributed by atoms with E-state index in [4.69, 9.17) is 0 Å². The molecule has 0 saturated carbocycles. The molecule has 0 spiro atoms. The average Bonchev–Trinajstić information content (AvgIpc) is 2.80. The van der Waals surface area contributed by atoms with Crippen molar-refractivity contribution in [3.05, 3.63) is 0 Å². The van der Waals surface area contributed by atoms with Crippen molar-refractivity contribution < 1.29 is 0 Å². The van der Waals surface area contributed by atoms with Gasteiger partial charge in [0.1, 0.15) is 0 Å². The van der Waals surface area contributed by atoms with Crippen LogP contribution in [0.1, 0.15) is 181 Å². The van der Waals surface area contributed by atoms with Gasteiger partial charge in [-0.1, -0.05) is 168 Å². The smallest absolute Gasteiger partial charge is 0.0784 e. The molecule has 0 unspecified atom stereocenters. The van der Waals surface area contributed by atoms with Crippen LogP contribution in [0.5, 0.6) is 0 Å². The normalized spacial score (nSPS) is 11.7. The van der Waals surface area contributed by atoms with Crippen molar-refractivity contribution in [1.82, 2.24) is 4.57 Å². The highest BCUT2D eigenvalue weighted by Crippen LogP contribution is 2.14. The fourth-order valence-corrected chi connectivity index (χ4v) is 5.54. The molecule has 0 bridgehead atoms. The Balaban J connectivity index is 3.13. The fraction of sp³-hybridized carbons (Fsp3) is 1.00. The maximum atomic E-state index is 2.72. The summed E-state index contributed by atoms with van der Waals surface area (Å²) in [5.41, 5.74) is 0. The molecule has 1 nitrogen and oxygen atoms in total. The molecule has 0 aliphatic rings. The summed E-state index contributed by atoms with van der Waals surface area (Å²) >= 11 is 0. The zero-order chi connectivity index (χ0) is 23.4. The second kappa shape index (κ2) is 29.2. The first-order valence-corrected chi connectivity index (χ1v) is 16.4. The van der Waals surface area contributed by atoms with Gasteiger partial charge >= 0.3 is 0 Å². The SMILES string of the molecule is CCCCCCCCCCCCCCCN([SiH3])CCCCCCCCCCCCCCC. The van der Waals surface area contributed by atoms with Crippen LogP contribution < -0.4 is 0 Å². The second-order valence-corrected chi connectivity index (χ2v) is 12.1. The molecule has 194 valence electrons. The van der Waals surface area contributed by atoms with Gasteiger partial charge in [0.25, 0.3) is 0 Å². The van der Waals surface area contributed by atoms with Crippen LogP contribution >= 0.6 is 0 Å². The molecule has 0 fully saturated rings. The van der Waals surface area contributed by atoms with Crippen molar-refractivity contribution in [1.29, 1.82) is 0 Å². The van der Waals surface area contributed by atoms with Gasteiger partial charge in [-0.05, 0) is 25.9 Å². The molecule has 32 heavy (non-hydrogen) atoms. The minimum absolute atomic E-state index is 1.26. The lowest BCUT2D eigenvalue weighted by Gasteiger charge is -2.16. The topological polar surface area (TPSA) is 3.24 Å². The van der Waals surface area contributed by atoms with E-state index in [2.05, 4.69) is 18.4 Å². The minimum atomic E-state index is 1.26. The van der Waals surface area contributed by atoms with Crippen LogP contribution in [-0.2, 0) is 0 Å². The molecule has 0 heterocycles. The molecule has 0 aliphatic carbocycles. The Morgan fingerprint density at radius 3 is 0.719 bits per heavy atom. The van der Waals surface area contributed by atoms with Gasteiger partial charge in [-0.15, -0.1) is 0 Å². The average molecular weight is 468 g/mol. The second-order valence-electron chi connectivity index (χ2n) is 10.8. The van der Waals surface area contributed by atoms with E-state index in [0.717, 1.165) is 0 Å². The molecule has 0 radical (unpaired) electrons. The van der Waals surface area contributed by atoms with Crippen LogP contribution in [0.3, 0.4) is 0 Å². The predicted molar refractivity (Wildman–Crippen MR) is 153 cm³/mol. The van der Waals surface area contributed by atoms with Crippen molar-refractivity contribution in [2.24, 2.45) is 0 Å². The zero-order valence-corrected chi connectivity index (χ0v) is 25.2. The summed E-state index contributed by atoms with van der Waals surface area (Å²) in [6.07, 6.45) is 38.1. The molecule has 0 amide bonds. The van der Waals surface area contributed by atoms with E-state index in [9.17, 15) is 0 Å². The van der Waals surface area contributed by atoms with Crippen LogP contribution in [-0.4, -0.2) is 28.1 Å². The van der Waals surface area contributed by atoms with E-state index in [1.54, 1.807) is 0 Å². The summed E-state index contributed by atoms with van der Waals surface area (Å²) in [6.45, 7) is 7.37. The Labute approximate surface area is 208 Å². The van der Waals surface area contributed by atoms with Crippen LogP contribution in [0.25, 0.3) is 0 Å². The van der Waals surface area contributed by atoms with E-state index in [1.807, 2.05) is 0 Å². The van der Waals surface area contributed by atoms with Crippen molar-refractivity contribution in [2.45, 2.75) is 181 Å². The van der Waals surface area contributed by atoms with Crippen LogP contribution in [0.2, 0.25) is 0 Å². The highest BCUT2D eigenvalue weighted by atomic mass is 28.2. The van der Waals surface area contributed by atoms with E-state index in [-0.39, 0.29) is 0 Å². The third-order valence-corrected chi connectivity index (χ3v) is 8.18. The van der Waals surface area contributed by atoms with Crippen molar-refractivity contribution >= 4 is 10.4 Å². The lowest BCUT2D eigenvalue weighted by atomic mass is 10.0. The maximum Gasteiger partial charge on any atom is 0.0784 e. The minimum Gasteiger partial charge on any atom is -0.332 e. The number of nitrogens with zero attached hydrogens (tertiary/aromatic N) is 1. The summed E-state index contributed by atoms with van der Waals surface area (Å²) in [7, 11) is 1.26. The molecule has 0 aliphatic heterocycles. The number of hydrogen-bond acceptors (Lipinski definition) is 1. The summed E-state index contributed by atoms with van der Waals surface area (Å²) in [5.74, 6) is 0. The van der Waals surface area contributed by atoms with E-state index in [0.29, 0.717) is 0 Å². The summed E-state index contributed by atoms with van der Waals surface area (Å²) < 4.78 is 2.72. The molecule has 0 aromatic heterocycles. The Hall–Kier alpha value is 0.177. The quantitative estimate of drug-likeness (QED) is 0.0817. The Bertz CT molecular complexity index is 290. The van der Waals surface area contributed by atoms with E-state index in [1.165, 1.54) is 190 Å². The standard InChI is InChI=1S/C30H65NSi/c1-3-5-7-9-11-13-15-17-19-21-23-25-27-29-31(32)30-28-26-24-22-20-18-16-14-12-10-8-6-4-2/h3-30H2,1-2,32H3. The fourth-order valence-electron chi connectivity index (χ4n) is 4.91. The van der Waals surface area contributed by atoms with Gasteiger partial charge < -0.3 is 4.57 Å². The lowest BCUT2D eigenvalue weighted by Crippen LogP contribution is -2.22. The molecule has 0 N–H and O–H groups in total. The zero-order valence-electron chi connectivity index (χ0n) is 23.2. The number of rotatable bonds is 28. The molecule has 0 aromatic rings. The van der Waals surface area contributed by atoms with Gasteiger partial charge in [-0.3, -0.25) is 0 Å². The third kappa shape index (κ3) is 28.2. The van der Waals surface area contributed by atoms with Gasteiger partial charge in [0.05, 0.1) is 10.4 Å². The highest BCUT2D eigenvalue weighted by Gasteiger charge is 1.99. The predicted octanol–water partition coefficient (Wildman–Crippen LogP) is 9.75. The van der Waals surface area contributed by atoms with Gasteiger partial charge in [-0.2, -0.15) is 0 Å². The van der Waals surface area contributed by atoms with Gasteiger partial charge in [0, 0.05) is 0 Å². The number of hydrogen-bond donors (Lipinski definition) is 0. The third-order valence-electron chi connectivity index (χ3n) is 7.29. The van der Waals surface area contributed by atoms with Gasteiger partial charge in [0.15, 0.2) is 0 Å². The van der Waals surface area contributed by atoms with Gasteiger partial charge in [-0.25, -0.2) is 0 Å². The van der Waals surface area contributed by atoms with Crippen LogP contribution in [0.15, 0.2) is 0 Å². The summed E-state index contributed by atoms with van der Waals surface area (Å²) in [6, 6.07) is 0. The molecule has 0 aromatic carbocycles. The first-order chi connectivity index (χ1) is 15.8. The molecule has 0 atom stereocenters. The highest BCUT2D eigenvalue weighted by molar-refractivity contribution is 6.04. The van der Waals surface area contributed by atoms with Crippen molar-refractivity contribution in [3.8, 4) is 0 Å². The van der Waals surface area contributed by atoms with Crippen LogP contribution in [0, 0.1) is 0 Å². The lowest BCUT2D eigenvalue weighted by molar-refractivity contribution is 0.409. The first kappa shape index (κ1) is 32.2. The molecule has 0 rings (SSSR count). The molecule has 2 heteroatoms. The molecule has 0 saturated heterocycles. The Morgan fingerprint density at radius 2 is 0.500 bits per heavy atom. The summed E-state index contributed by atoms with van der Waals surface area (Å²) in [5, 5.41) is 0.